The molecule has 1 aliphatic carbocycles. The van der Waals surface area contributed by atoms with Crippen molar-refractivity contribution in [1.82, 2.24) is 4.90 Å². The molecule has 1 aromatic rings. The summed E-state index contributed by atoms with van der Waals surface area (Å²) >= 11 is 0. The average Bonchev–Trinajstić information content (AvgIpc) is 3.14. The summed E-state index contributed by atoms with van der Waals surface area (Å²) in [5.41, 5.74) is 1.62. The summed E-state index contributed by atoms with van der Waals surface area (Å²) in [5, 5.41) is 9.21. The summed E-state index contributed by atoms with van der Waals surface area (Å²) in [4.78, 5) is 2.49. The molecule has 0 radical (unpaired) electrons. The standard InChI is InChI=1S/C14H19NO2/c16-10-13-9-15(14(6-7-14)11-17-13)8-12-4-2-1-3-5-12/h1-5,13,16H,6-11H2. The third-order valence-electron chi connectivity index (χ3n) is 3.93. The zero-order chi connectivity index (χ0) is 11.7. The largest absolute Gasteiger partial charge is 0.394 e. The quantitative estimate of drug-likeness (QED) is 0.857. The summed E-state index contributed by atoms with van der Waals surface area (Å²) in [6.07, 6.45) is 2.46. The molecular weight excluding hydrogens is 214 g/mol. The lowest BCUT2D eigenvalue weighted by molar-refractivity contribution is -0.0946. The summed E-state index contributed by atoms with van der Waals surface area (Å²) < 4.78 is 5.68. The fourth-order valence-corrected chi connectivity index (χ4v) is 2.61. The molecule has 1 heterocycles. The van der Waals surface area contributed by atoms with E-state index in [0.29, 0.717) is 0 Å². The Kier molecular flexibility index (Phi) is 2.90. The minimum Gasteiger partial charge on any atom is -0.394 e. The molecule has 1 saturated carbocycles. The van der Waals surface area contributed by atoms with Crippen LogP contribution in [0.4, 0.5) is 0 Å². The molecular formula is C14H19NO2. The summed E-state index contributed by atoms with van der Waals surface area (Å²) in [6.45, 7) is 2.73. The van der Waals surface area contributed by atoms with Gasteiger partial charge in [-0.2, -0.15) is 0 Å². The van der Waals surface area contributed by atoms with Gasteiger partial charge in [-0.25, -0.2) is 0 Å². The Morgan fingerprint density at radius 3 is 2.71 bits per heavy atom. The molecule has 1 N–H and O–H groups in total. The van der Waals surface area contributed by atoms with Gasteiger partial charge in [-0.3, -0.25) is 4.90 Å². The van der Waals surface area contributed by atoms with Crippen LogP contribution < -0.4 is 0 Å². The van der Waals surface area contributed by atoms with Gasteiger partial charge in [-0.1, -0.05) is 30.3 Å². The molecule has 1 atom stereocenters. The zero-order valence-corrected chi connectivity index (χ0v) is 10.0. The lowest BCUT2D eigenvalue weighted by atomic mass is 10.1. The van der Waals surface area contributed by atoms with E-state index in [-0.39, 0.29) is 18.2 Å². The first-order valence-corrected chi connectivity index (χ1v) is 6.34. The van der Waals surface area contributed by atoms with Crippen LogP contribution in [0.2, 0.25) is 0 Å². The van der Waals surface area contributed by atoms with Crippen molar-refractivity contribution in [1.29, 1.82) is 0 Å². The van der Waals surface area contributed by atoms with E-state index in [1.807, 2.05) is 6.07 Å². The smallest absolute Gasteiger partial charge is 0.0933 e. The summed E-state index contributed by atoms with van der Waals surface area (Å²) in [5.74, 6) is 0. The van der Waals surface area contributed by atoms with E-state index in [9.17, 15) is 5.11 Å². The Bertz CT molecular complexity index is 375. The molecule has 1 aromatic carbocycles. The van der Waals surface area contributed by atoms with Crippen molar-refractivity contribution in [3.63, 3.8) is 0 Å². The minimum absolute atomic E-state index is 0.00932. The van der Waals surface area contributed by atoms with E-state index in [1.54, 1.807) is 0 Å². The third kappa shape index (κ3) is 2.23. The molecule has 2 aliphatic rings. The van der Waals surface area contributed by atoms with E-state index in [1.165, 1.54) is 18.4 Å². The van der Waals surface area contributed by atoms with Crippen molar-refractivity contribution in [2.45, 2.75) is 31.0 Å². The predicted octanol–water partition coefficient (Wildman–Crippen LogP) is 1.41. The number of ether oxygens (including phenoxy) is 1. The van der Waals surface area contributed by atoms with Gasteiger partial charge in [0.1, 0.15) is 0 Å². The molecule has 2 fully saturated rings. The van der Waals surface area contributed by atoms with Crippen LogP contribution in [0.1, 0.15) is 18.4 Å². The van der Waals surface area contributed by atoms with Crippen LogP contribution in [-0.2, 0) is 11.3 Å². The maximum absolute atomic E-state index is 9.21. The van der Waals surface area contributed by atoms with Gasteiger partial charge in [-0.05, 0) is 18.4 Å². The highest BCUT2D eigenvalue weighted by atomic mass is 16.5. The number of hydrogen-bond donors (Lipinski definition) is 1. The first-order chi connectivity index (χ1) is 8.32. The Morgan fingerprint density at radius 1 is 1.29 bits per heavy atom. The number of nitrogens with zero attached hydrogens (tertiary/aromatic N) is 1. The van der Waals surface area contributed by atoms with Gasteiger partial charge in [0.05, 0.1) is 19.3 Å². The number of morpholine rings is 1. The second-order valence-corrected chi connectivity index (χ2v) is 5.21. The first-order valence-electron chi connectivity index (χ1n) is 6.34. The van der Waals surface area contributed by atoms with Crippen LogP contribution in [0.15, 0.2) is 30.3 Å². The molecule has 0 aromatic heterocycles. The van der Waals surface area contributed by atoms with Crippen LogP contribution in [0.25, 0.3) is 0 Å². The van der Waals surface area contributed by atoms with E-state index < -0.39 is 0 Å². The molecule has 1 unspecified atom stereocenters. The molecule has 0 amide bonds. The van der Waals surface area contributed by atoms with Crippen molar-refractivity contribution in [3.05, 3.63) is 35.9 Å². The van der Waals surface area contributed by atoms with Crippen molar-refractivity contribution in [2.24, 2.45) is 0 Å². The number of benzene rings is 1. The second kappa shape index (κ2) is 4.41. The molecule has 1 spiro atoms. The number of aliphatic hydroxyl groups is 1. The van der Waals surface area contributed by atoms with E-state index in [2.05, 4.69) is 29.2 Å². The number of aliphatic hydroxyl groups excluding tert-OH is 1. The highest BCUT2D eigenvalue weighted by Gasteiger charge is 2.51. The van der Waals surface area contributed by atoms with E-state index >= 15 is 0 Å². The maximum atomic E-state index is 9.21. The van der Waals surface area contributed by atoms with Crippen LogP contribution in [-0.4, -0.2) is 41.4 Å². The van der Waals surface area contributed by atoms with Crippen LogP contribution in [0.3, 0.4) is 0 Å². The Labute approximate surface area is 102 Å². The molecule has 1 aliphatic heterocycles. The van der Waals surface area contributed by atoms with E-state index in [0.717, 1.165) is 19.7 Å². The monoisotopic (exact) mass is 233 g/mol. The first kappa shape index (κ1) is 11.2. The van der Waals surface area contributed by atoms with Crippen molar-refractivity contribution in [3.8, 4) is 0 Å². The van der Waals surface area contributed by atoms with Gasteiger partial charge in [0.25, 0.3) is 0 Å². The molecule has 3 nitrogen and oxygen atoms in total. The van der Waals surface area contributed by atoms with Crippen LogP contribution in [0, 0.1) is 0 Å². The fourth-order valence-electron chi connectivity index (χ4n) is 2.61. The third-order valence-corrected chi connectivity index (χ3v) is 3.93. The molecule has 92 valence electrons. The maximum Gasteiger partial charge on any atom is 0.0933 e. The van der Waals surface area contributed by atoms with Gasteiger partial charge in [0.15, 0.2) is 0 Å². The van der Waals surface area contributed by atoms with Crippen LogP contribution >= 0.6 is 0 Å². The second-order valence-electron chi connectivity index (χ2n) is 5.21. The number of hydrogen-bond acceptors (Lipinski definition) is 3. The predicted molar refractivity (Wildman–Crippen MR) is 65.6 cm³/mol. The Hall–Kier alpha value is -0.900. The van der Waals surface area contributed by atoms with Crippen LogP contribution in [0.5, 0.6) is 0 Å². The Balaban J connectivity index is 1.71. The fraction of sp³-hybridized carbons (Fsp3) is 0.571. The molecule has 1 saturated heterocycles. The molecule has 3 heteroatoms. The van der Waals surface area contributed by atoms with Crippen molar-refractivity contribution < 1.29 is 9.84 Å². The minimum atomic E-state index is -0.00932. The van der Waals surface area contributed by atoms with Gasteiger partial charge < -0.3 is 9.84 Å². The summed E-state index contributed by atoms with van der Waals surface area (Å²) in [6, 6.07) is 10.5. The van der Waals surface area contributed by atoms with Gasteiger partial charge in [-0.15, -0.1) is 0 Å². The highest BCUT2D eigenvalue weighted by Crippen LogP contribution is 2.45. The molecule has 17 heavy (non-hydrogen) atoms. The van der Waals surface area contributed by atoms with Crippen molar-refractivity contribution in [2.75, 3.05) is 19.8 Å². The van der Waals surface area contributed by atoms with Gasteiger partial charge in [0, 0.05) is 18.6 Å². The number of rotatable bonds is 3. The van der Waals surface area contributed by atoms with Gasteiger partial charge >= 0.3 is 0 Å². The Morgan fingerprint density at radius 2 is 2.06 bits per heavy atom. The lowest BCUT2D eigenvalue weighted by Crippen LogP contribution is -2.51. The van der Waals surface area contributed by atoms with E-state index in [4.69, 9.17) is 4.74 Å². The topological polar surface area (TPSA) is 32.7 Å². The normalized spacial score (nSPS) is 27.2. The zero-order valence-electron chi connectivity index (χ0n) is 10.0. The average molecular weight is 233 g/mol. The lowest BCUT2D eigenvalue weighted by Gasteiger charge is -2.39. The van der Waals surface area contributed by atoms with Gasteiger partial charge in [0.2, 0.25) is 0 Å². The highest BCUT2D eigenvalue weighted by molar-refractivity contribution is 5.17. The van der Waals surface area contributed by atoms with Crippen molar-refractivity contribution >= 4 is 0 Å². The summed E-state index contributed by atoms with van der Waals surface area (Å²) in [7, 11) is 0. The SMILES string of the molecule is OCC1CN(Cc2ccccc2)C2(CC2)CO1. The molecule has 0 bridgehead atoms. The molecule has 3 rings (SSSR count).